The summed E-state index contributed by atoms with van der Waals surface area (Å²) >= 11 is 0. The second-order valence-corrected chi connectivity index (χ2v) is 9.82. The van der Waals surface area contributed by atoms with Crippen molar-refractivity contribution in [1.29, 1.82) is 0 Å². The number of benzene rings is 10. The lowest BCUT2D eigenvalue weighted by Gasteiger charge is -2.40. The van der Waals surface area contributed by atoms with Crippen LogP contribution in [0.4, 0.5) is 0 Å². The van der Waals surface area contributed by atoms with Crippen molar-refractivity contribution in [2.75, 3.05) is 0 Å². The van der Waals surface area contributed by atoms with Gasteiger partial charge in [-0.2, -0.15) is 0 Å². The third kappa shape index (κ3) is 0.503. The monoisotopic (exact) mass is 340 g/mol. The molecule has 0 aliphatic carbocycles. The fraction of sp³-hybridized carbons (Fsp3) is 0. The summed E-state index contributed by atoms with van der Waals surface area (Å²) < 4.78 is 0. The fourth-order valence-electron chi connectivity index (χ4n) is 8.45. The molecule has 0 unspecified atom stereocenters. The summed E-state index contributed by atoms with van der Waals surface area (Å²) in [5.74, 6) is 0. The molecule has 0 atom stereocenters. The van der Waals surface area contributed by atoms with Crippen LogP contribution in [-0.4, -0.2) is 0 Å². The summed E-state index contributed by atoms with van der Waals surface area (Å²) in [6.07, 6.45) is 0. The van der Waals surface area contributed by atoms with Crippen LogP contribution in [-0.2, 0) is 0 Å². The van der Waals surface area contributed by atoms with Crippen molar-refractivity contribution >= 4 is 129 Å². The number of rotatable bonds is 0. The molecular formula is C28H4. The third-order valence-corrected chi connectivity index (χ3v) is 9.49. The molecular weight excluding hydrogens is 336 g/mol. The molecule has 0 radical (unpaired) electrons. The van der Waals surface area contributed by atoms with E-state index in [9.17, 15) is 0 Å². The predicted molar refractivity (Wildman–Crippen MR) is 122 cm³/mol. The van der Waals surface area contributed by atoms with E-state index < -0.39 is 0 Å². The Bertz CT molecular complexity index is 1620. The highest BCUT2D eigenvalue weighted by Gasteiger charge is 2.43. The van der Waals surface area contributed by atoms with Gasteiger partial charge >= 0.3 is 0 Å². The Hall–Kier alpha value is -3.64. The largest absolute Gasteiger partial charge is 0.0531 e. The predicted octanol–water partition coefficient (Wildman–Crippen LogP) is 8.22. The summed E-state index contributed by atoms with van der Waals surface area (Å²) in [6.45, 7) is 0. The molecule has 28 heavy (non-hydrogen) atoms. The van der Waals surface area contributed by atoms with Crippen molar-refractivity contribution < 1.29 is 0 Å². The maximum absolute atomic E-state index is 2.42. The van der Waals surface area contributed by atoms with Gasteiger partial charge in [-0.05, 0) is 129 Å². The van der Waals surface area contributed by atoms with Crippen LogP contribution < -0.4 is 0 Å². The molecule has 0 heteroatoms. The normalized spacial score (nSPS) is 16.6. The van der Waals surface area contributed by atoms with Crippen molar-refractivity contribution in [3.63, 3.8) is 0 Å². The van der Waals surface area contributed by atoms with E-state index in [0.29, 0.717) is 0 Å². The molecule has 0 fully saturated rings. The minimum atomic E-state index is 1.49. The van der Waals surface area contributed by atoms with Crippen LogP contribution in [0.2, 0.25) is 0 Å². The van der Waals surface area contributed by atoms with Crippen LogP contribution in [0.15, 0.2) is 24.3 Å². The molecule has 0 spiro atoms. The van der Waals surface area contributed by atoms with Crippen LogP contribution in [0.3, 0.4) is 0 Å². The molecule has 0 aliphatic heterocycles. The van der Waals surface area contributed by atoms with E-state index in [0.717, 1.165) is 0 Å². The molecule has 0 saturated heterocycles. The van der Waals surface area contributed by atoms with Crippen LogP contribution in [0, 0.1) is 0 Å². The fourth-order valence-corrected chi connectivity index (χ4v) is 8.45. The van der Waals surface area contributed by atoms with Gasteiger partial charge in [0.15, 0.2) is 0 Å². The topological polar surface area (TPSA) is 0 Å². The molecule has 0 N–H and O–H groups in total. The highest BCUT2D eigenvalue weighted by molar-refractivity contribution is 6.77. The summed E-state index contributed by atoms with van der Waals surface area (Å²) in [6, 6.07) is 9.66. The van der Waals surface area contributed by atoms with E-state index in [1.807, 2.05) is 0 Å². The average Bonchev–Trinajstić information content (AvgIpc) is 2.64. The zero-order valence-corrected chi connectivity index (χ0v) is 14.3. The molecule has 116 valence electrons. The van der Waals surface area contributed by atoms with Crippen LogP contribution in [0.1, 0.15) is 0 Å². The molecule has 0 heterocycles. The first kappa shape index (κ1) is 10.1. The Morgan fingerprint density at radius 1 is 0.179 bits per heavy atom. The van der Waals surface area contributed by atoms with Crippen molar-refractivity contribution in [3.8, 4) is 0 Å². The zero-order chi connectivity index (χ0) is 16.7. The first-order valence-corrected chi connectivity index (χ1v) is 10.3. The summed E-state index contributed by atoms with van der Waals surface area (Å²) in [4.78, 5) is 0. The summed E-state index contributed by atoms with van der Waals surface area (Å²) in [7, 11) is 0. The third-order valence-electron chi connectivity index (χ3n) is 9.49. The Morgan fingerprint density at radius 3 is 0.500 bits per heavy atom. The molecule has 0 nitrogen and oxygen atoms in total. The molecule has 0 saturated carbocycles. The standard InChI is InChI=1S/C28H4/c1-2-6-8-4-3-7-5(1)9-11(7)15-13(9)17-19(15)23-21(17)25-27(23)26-22-18-14-10(6)12(8)16(14)20(18)24(22)28(25)26/h1-4H. The maximum Gasteiger partial charge on any atom is -0.0000000000112 e. The van der Waals surface area contributed by atoms with Crippen LogP contribution in [0.5, 0.6) is 0 Å². The quantitative estimate of drug-likeness (QED) is 0.244. The molecule has 0 aromatic heterocycles. The summed E-state index contributed by atoms with van der Waals surface area (Å²) in [5, 5.41) is 38.3. The van der Waals surface area contributed by atoms with Gasteiger partial charge in [-0.1, -0.05) is 24.3 Å². The minimum Gasteiger partial charge on any atom is -0.0531 e. The van der Waals surface area contributed by atoms with E-state index >= 15 is 0 Å². The first-order chi connectivity index (χ1) is 14.0. The SMILES string of the molecule is c1cc2c3ccc4c1c1c4c4c1c1c4c4c1c1c4c4c5c6c7c2c3c7c6c5c14. The van der Waals surface area contributed by atoms with Gasteiger partial charge in [0.2, 0.25) is 0 Å². The Kier molecular flexibility index (Phi) is 0.801. The van der Waals surface area contributed by atoms with Crippen molar-refractivity contribution in [2.24, 2.45) is 0 Å². The van der Waals surface area contributed by atoms with Crippen LogP contribution in [0.25, 0.3) is 129 Å². The first-order valence-electron chi connectivity index (χ1n) is 10.3. The Morgan fingerprint density at radius 2 is 0.321 bits per heavy atom. The Balaban J connectivity index is 1.54. The van der Waals surface area contributed by atoms with E-state index in [-0.39, 0.29) is 0 Å². The smallest absolute Gasteiger partial charge is 0.0000000000112 e. The van der Waals surface area contributed by atoms with Gasteiger partial charge in [-0.15, -0.1) is 0 Å². The molecule has 0 amide bonds. The van der Waals surface area contributed by atoms with Crippen molar-refractivity contribution in [2.45, 2.75) is 0 Å². The average molecular weight is 340 g/mol. The van der Waals surface area contributed by atoms with Crippen molar-refractivity contribution in [3.05, 3.63) is 24.3 Å². The summed E-state index contributed by atoms with van der Waals surface area (Å²) in [5.41, 5.74) is 0. The van der Waals surface area contributed by atoms with Gasteiger partial charge in [-0.25, -0.2) is 0 Å². The number of hydrogen-bond donors (Lipinski definition) is 0. The number of hydrogen-bond acceptors (Lipinski definition) is 0. The van der Waals surface area contributed by atoms with E-state index in [1.54, 1.807) is 108 Å². The van der Waals surface area contributed by atoms with Gasteiger partial charge in [0.25, 0.3) is 0 Å². The zero-order valence-electron chi connectivity index (χ0n) is 14.3. The maximum atomic E-state index is 2.42. The van der Waals surface area contributed by atoms with E-state index in [2.05, 4.69) is 24.3 Å². The lowest BCUT2D eigenvalue weighted by Crippen LogP contribution is -2.11. The second kappa shape index (κ2) is 2.23. The van der Waals surface area contributed by atoms with Gasteiger partial charge in [-0.3, -0.25) is 0 Å². The molecule has 12 rings (SSSR count). The van der Waals surface area contributed by atoms with E-state index in [1.165, 1.54) is 21.5 Å². The number of fused-ring (bicyclic) bond motifs is 34. The molecule has 12 aromatic rings. The lowest BCUT2D eigenvalue weighted by atomic mass is 9.61. The van der Waals surface area contributed by atoms with Gasteiger partial charge in [0, 0.05) is 0 Å². The van der Waals surface area contributed by atoms with Gasteiger partial charge < -0.3 is 0 Å². The highest BCUT2D eigenvalue weighted by atomic mass is 14.4. The Labute approximate surface area is 153 Å². The molecule has 0 aliphatic rings. The molecule has 12 aromatic carbocycles. The van der Waals surface area contributed by atoms with Crippen molar-refractivity contribution in [1.82, 2.24) is 0 Å². The lowest BCUT2D eigenvalue weighted by molar-refractivity contribution is 1.88. The minimum absolute atomic E-state index is 1.49. The highest BCUT2D eigenvalue weighted by Crippen LogP contribution is 2.73. The van der Waals surface area contributed by atoms with E-state index in [4.69, 9.17) is 0 Å². The van der Waals surface area contributed by atoms with Gasteiger partial charge in [0.05, 0.1) is 0 Å². The molecule has 0 bridgehead atoms. The second-order valence-electron chi connectivity index (χ2n) is 9.82. The van der Waals surface area contributed by atoms with Gasteiger partial charge in [0.1, 0.15) is 0 Å². The van der Waals surface area contributed by atoms with Crippen LogP contribution >= 0.6 is 0 Å².